The van der Waals surface area contributed by atoms with Crippen molar-refractivity contribution in [3.05, 3.63) is 60.2 Å². The number of nitrogens with one attached hydrogen (secondary N) is 1. The number of para-hydroxylation sites is 2. The lowest BCUT2D eigenvalue weighted by molar-refractivity contribution is -0.125. The zero-order valence-corrected chi connectivity index (χ0v) is 16.0. The molecule has 0 bridgehead atoms. The van der Waals surface area contributed by atoms with Crippen LogP contribution >= 0.6 is 0 Å². The molecule has 0 spiro atoms. The van der Waals surface area contributed by atoms with Crippen molar-refractivity contribution in [3.8, 4) is 0 Å². The van der Waals surface area contributed by atoms with Crippen LogP contribution < -0.4 is 16.0 Å². The molecule has 146 valence electrons. The van der Waals surface area contributed by atoms with Gasteiger partial charge in [0.25, 0.3) is 0 Å². The van der Waals surface area contributed by atoms with Gasteiger partial charge in [-0.1, -0.05) is 42.5 Å². The van der Waals surface area contributed by atoms with Gasteiger partial charge >= 0.3 is 0 Å². The number of anilines is 2. The van der Waals surface area contributed by atoms with Crippen molar-refractivity contribution in [2.24, 2.45) is 11.7 Å². The first-order valence-electron chi connectivity index (χ1n) is 9.77. The summed E-state index contributed by atoms with van der Waals surface area (Å²) < 4.78 is 0. The number of fused-ring (bicyclic) bond motifs is 1. The highest BCUT2D eigenvalue weighted by Gasteiger charge is 2.39. The van der Waals surface area contributed by atoms with Gasteiger partial charge in [-0.2, -0.15) is 0 Å². The van der Waals surface area contributed by atoms with Gasteiger partial charge in [0.2, 0.25) is 11.8 Å². The Bertz CT molecular complexity index is 870. The van der Waals surface area contributed by atoms with Gasteiger partial charge in [-0.3, -0.25) is 19.4 Å². The van der Waals surface area contributed by atoms with E-state index >= 15 is 0 Å². The second-order valence-electron chi connectivity index (χ2n) is 7.63. The molecule has 0 radical (unpaired) electrons. The van der Waals surface area contributed by atoms with E-state index in [1.807, 2.05) is 49.4 Å². The Hall–Kier alpha value is -2.70. The molecule has 3 atom stereocenters. The quantitative estimate of drug-likeness (QED) is 0.853. The van der Waals surface area contributed by atoms with E-state index in [2.05, 4.69) is 22.3 Å². The van der Waals surface area contributed by atoms with Crippen LogP contribution in [0.3, 0.4) is 0 Å². The fourth-order valence-corrected chi connectivity index (χ4v) is 4.35. The predicted molar refractivity (Wildman–Crippen MR) is 110 cm³/mol. The number of nitrogens with zero attached hydrogens (tertiary/aromatic N) is 2. The lowest BCUT2D eigenvalue weighted by Crippen LogP contribution is -2.50. The Balaban J connectivity index is 1.54. The van der Waals surface area contributed by atoms with Crippen molar-refractivity contribution >= 4 is 23.2 Å². The Morgan fingerprint density at radius 1 is 1.14 bits per heavy atom. The number of nitrogens with two attached hydrogens (primary N) is 1. The molecule has 1 fully saturated rings. The molecule has 0 aliphatic carbocycles. The summed E-state index contributed by atoms with van der Waals surface area (Å²) in [6, 6.07) is 17.5. The number of carbonyl (C=O) groups is 2. The maximum absolute atomic E-state index is 13.3. The summed E-state index contributed by atoms with van der Waals surface area (Å²) in [5.74, 6) is 0.419. The number of amides is 2. The Morgan fingerprint density at radius 2 is 1.86 bits per heavy atom. The van der Waals surface area contributed by atoms with Crippen molar-refractivity contribution in [1.29, 1.82) is 0 Å². The first-order chi connectivity index (χ1) is 13.6. The summed E-state index contributed by atoms with van der Waals surface area (Å²) in [7, 11) is 0. The number of rotatable bonds is 4. The Morgan fingerprint density at radius 3 is 2.61 bits per heavy atom. The molecule has 6 heteroatoms. The molecular weight excluding hydrogens is 352 g/mol. The summed E-state index contributed by atoms with van der Waals surface area (Å²) >= 11 is 0. The monoisotopic (exact) mass is 378 g/mol. The smallest absolute Gasteiger partial charge is 0.244 e. The van der Waals surface area contributed by atoms with Gasteiger partial charge in [0.1, 0.15) is 6.54 Å². The number of carbonyl (C=O) groups excluding carboxylic acids is 2. The zero-order chi connectivity index (χ0) is 19.7. The molecule has 28 heavy (non-hydrogen) atoms. The SMILES string of the molecule is CC(C(=O)N1CC(=O)Nc2ccccc21)N1C[C@@H](CN)[C@H](c2ccccc2)C1. The van der Waals surface area contributed by atoms with E-state index in [4.69, 9.17) is 5.73 Å². The first-order valence-corrected chi connectivity index (χ1v) is 9.77. The van der Waals surface area contributed by atoms with E-state index < -0.39 is 0 Å². The van der Waals surface area contributed by atoms with Gasteiger partial charge in [-0.25, -0.2) is 0 Å². The van der Waals surface area contributed by atoms with Gasteiger partial charge in [-0.15, -0.1) is 0 Å². The molecule has 6 nitrogen and oxygen atoms in total. The van der Waals surface area contributed by atoms with Crippen molar-refractivity contribution in [3.63, 3.8) is 0 Å². The second kappa shape index (κ2) is 7.73. The van der Waals surface area contributed by atoms with Gasteiger partial charge < -0.3 is 11.1 Å². The van der Waals surface area contributed by atoms with Gasteiger partial charge in [0.05, 0.1) is 17.4 Å². The molecule has 2 aliphatic rings. The summed E-state index contributed by atoms with van der Waals surface area (Å²) in [5, 5.41) is 2.83. The van der Waals surface area contributed by atoms with E-state index in [-0.39, 0.29) is 24.4 Å². The Kier molecular flexibility index (Phi) is 5.15. The third kappa shape index (κ3) is 3.41. The normalized spacial score (nSPS) is 23.2. The summed E-state index contributed by atoms with van der Waals surface area (Å²) in [6.45, 7) is 4.14. The molecule has 0 saturated carbocycles. The number of hydrogen-bond donors (Lipinski definition) is 2. The molecule has 2 heterocycles. The van der Waals surface area contributed by atoms with Crippen molar-refractivity contribution in [2.45, 2.75) is 18.9 Å². The van der Waals surface area contributed by atoms with Crippen LogP contribution in [0.15, 0.2) is 54.6 Å². The molecule has 2 aromatic carbocycles. The van der Waals surface area contributed by atoms with Crippen LogP contribution in [0.2, 0.25) is 0 Å². The van der Waals surface area contributed by atoms with E-state index in [1.165, 1.54) is 5.56 Å². The molecule has 1 unspecified atom stereocenters. The van der Waals surface area contributed by atoms with Crippen LogP contribution in [0.5, 0.6) is 0 Å². The summed E-state index contributed by atoms with van der Waals surface area (Å²) in [5.41, 5.74) is 8.76. The maximum atomic E-state index is 13.3. The van der Waals surface area contributed by atoms with Gasteiger partial charge in [0.15, 0.2) is 0 Å². The molecular formula is C22H26N4O2. The summed E-state index contributed by atoms with van der Waals surface area (Å²) in [6.07, 6.45) is 0. The molecule has 4 rings (SSSR count). The predicted octanol–water partition coefficient (Wildman–Crippen LogP) is 2.03. The topological polar surface area (TPSA) is 78.7 Å². The van der Waals surface area contributed by atoms with E-state index in [0.29, 0.717) is 24.1 Å². The largest absolute Gasteiger partial charge is 0.330 e. The highest BCUT2D eigenvalue weighted by atomic mass is 16.2. The third-order valence-electron chi connectivity index (χ3n) is 5.94. The minimum atomic E-state index is -0.318. The second-order valence-corrected chi connectivity index (χ2v) is 7.63. The summed E-state index contributed by atoms with van der Waals surface area (Å²) in [4.78, 5) is 29.2. The number of likely N-dealkylation sites (tertiary alicyclic amines) is 1. The van der Waals surface area contributed by atoms with E-state index in [1.54, 1.807) is 4.90 Å². The fraction of sp³-hybridized carbons (Fsp3) is 0.364. The van der Waals surface area contributed by atoms with Crippen LogP contribution in [0, 0.1) is 5.92 Å². The first kappa shape index (κ1) is 18.7. The van der Waals surface area contributed by atoms with Crippen molar-refractivity contribution in [1.82, 2.24) is 4.90 Å². The molecule has 2 aliphatic heterocycles. The number of hydrogen-bond acceptors (Lipinski definition) is 4. The lowest BCUT2D eigenvalue weighted by atomic mass is 9.89. The van der Waals surface area contributed by atoms with Gasteiger partial charge in [-0.05, 0) is 37.1 Å². The average molecular weight is 378 g/mol. The molecule has 2 amide bonds. The van der Waals surface area contributed by atoms with Gasteiger partial charge in [0, 0.05) is 19.0 Å². The lowest BCUT2D eigenvalue weighted by Gasteiger charge is -2.33. The standard InChI is InChI=1S/C22H26N4O2/c1-15(22(28)26-14-21(27)24-19-9-5-6-10-20(19)26)25-12-17(11-23)18(13-25)16-7-3-2-4-8-16/h2-10,15,17-18H,11-14,23H2,1H3,(H,24,27)/t15?,17-,18+/m1/s1. The highest BCUT2D eigenvalue weighted by Crippen LogP contribution is 2.35. The average Bonchev–Trinajstić information content (AvgIpc) is 3.17. The number of benzene rings is 2. The molecule has 3 N–H and O–H groups in total. The Labute approximate surface area is 165 Å². The van der Waals surface area contributed by atoms with Crippen LogP contribution in [-0.4, -0.2) is 48.9 Å². The zero-order valence-electron chi connectivity index (χ0n) is 16.0. The third-order valence-corrected chi connectivity index (χ3v) is 5.94. The van der Waals surface area contributed by atoms with Crippen molar-refractivity contribution < 1.29 is 9.59 Å². The van der Waals surface area contributed by atoms with E-state index in [9.17, 15) is 9.59 Å². The maximum Gasteiger partial charge on any atom is 0.244 e. The minimum absolute atomic E-state index is 0.0493. The fourth-order valence-electron chi connectivity index (χ4n) is 4.35. The van der Waals surface area contributed by atoms with Crippen LogP contribution in [0.4, 0.5) is 11.4 Å². The highest BCUT2D eigenvalue weighted by molar-refractivity contribution is 6.11. The van der Waals surface area contributed by atoms with Crippen LogP contribution in [0.25, 0.3) is 0 Å². The van der Waals surface area contributed by atoms with Crippen LogP contribution in [-0.2, 0) is 9.59 Å². The van der Waals surface area contributed by atoms with Crippen molar-refractivity contribution in [2.75, 3.05) is 36.4 Å². The molecule has 0 aromatic heterocycles. The van der Waals surface area contributed by atoms with Crippen LogP contribution in [0.1, 0.15) is 18.4 Å². The van der Waals surface area contributed by atoms with E-state index in [0.717, 1.165) is 18.8 Å². The molecule has 1 saturated heterocycles. The molecule has 2 aromatic rings. The minimum Gasteiger partial charge on any atom is -0.330 e.